The molecule has 0 saturated carbocycles. The van der Waals surface area contributed by atoms with Gasteiger partial charge in [-0.05, 0) is 12.1 Å². The molecule has 0 unspecified atom stereocenters. The fourth-order valence-electron chi connectivity index (χ4n) is 0.897. The molecule has 0 atom stereocenters. The van der Waals surface area contributed by atoms with Gasteiger partial charge >= 0.3 is 3.31 Å². The monoisotopic (exact) mass is 404 g/mol. The van der Waals surface area contributed by atoms with Gasteiger partial charge in [-0.3, -0.25) is 0 Å². The van der Waals surface area contributed by atoms with Gasteiger partial charge in [0.1, 0.15) is 0 Å². The van der Waals surface area contributed by atoms with Crippen molar-refractivity contribution in [1.29, 1.82) is 0 Å². The summed E-state index contributed by atoms with van der Waals surface area (Å²) in [6, 6.07) is 10.4. The average molecular weight is 404 g/mol. The van der Waals surface area contributed by atoms with Gasteiger partial charge in [0.25, 0.3) is 0 Å². The molecule has 0 radical (unpaired) electrons. The second-order valence-electron chi connectivity index (χ2n) is 2.32. The molecular weight excluding hydrogens is 394 g/mol. The van der Waals surface area contributed by atoms with Crippen molar-refractivity contribution in [1.82, 2.24) is 0 Å². The third-order valence-corrected chi connectivity index (χ3v) is 8.70. The van der Waals surface area contributed by atoms with Gasteiger partial charge in [0.15, 0.2) is 0 Å². The van der Waals surface area contributed by atoms with E-state index in [1.807, 2.05) is 13.0 Å². The molecule has 0 spiro atoms. The van der Waals surface area contributed by atoms with E-state index in [4.69, 9.17) is 4.43 Å². The van der Waals surface area contributed by atoms with Crippen LogP contribution in [0.1, 0.15) is 6.92 Å². The van der Waals surface area contributed by atoms with Crippen LogP contribution < -0.4 is 5.19 Å². The molecule has 0 amide bonds. The third-order valence-electron chi connectivity index (χ3n) is 1.44. The molecule has 66 valence electrons. The molecular formula is C8H10I2OSi. The summed E-state index contributed by atoms with van der Waals surface area (Å²) < 4.78 is 4.09. The van der Waals surface area contributed by atoms with Crippen molar-refractivity contribution < 1.29 is 4.43 Å². The third kappa shape index (κ3) is 2.97. The van der Waals surface area contributed by atoms with E-state index in [9.17, 15) is 0 Å². The molecule has 0 saturated heterocycles. The number of rotatable bonds is 3. The van der Waals surface area contributed by atoms with Gasteiger partial charge < -0.3 is 4.43 Å². The summed E-state index contributed by atoms with van der Waals surface area (Å²) in [5.74, 6) is 0. The van der Waals surface area contributed by atoms with Crippen molar-refractivity contribution >= 4 is 52.1 Å². The summed E-state index contributed by atoms with van der Waals surface area (Å²) in [6.45, 7) is 2.84. The maximum absolute atomic E-state index is 5.73. The lowest BCUT2D eigenvalue weighted by atomic mass is 10.4. The lowest BCUT2D eigenvalue weighted by Crippen LogP contribution is -2.38. The van der Waals surface area contributed by atoms with Crippen molar-refractivity contribution in [2.75, 3.05) is 6.61 Å². The summed E-state index contributed by atoms with van der Waals surface area (Å²) in [4.78, 5) is 0. The van der Waals surface area contributed by atoms with Gasteiger partial charge in [-0.25, -0.2) is 0 Å². The lowest BCUT2D eigenvalue weighted by Gasteiger charge is -2.17. The molecule has 0 bridgehead atoms. The largest absolute Gasteiger partial charge is 0.397 e. The van der Waals surface area contributed by atoms with Gasteiger partial charge in [0.2, 0.25) is 0 Å². The number of hydrogen-bond donors (Lipinski definition) is 0. The van der Waals surface area contributed by atoms with Crippen LogP contribution in [0.15, 0.2) is 30.3 Å². The Bertz CT molecular complexity index is 238. The van der Waals surface area contributed by atoms with E-state index in [1.54, 1.807) is 0 Å². The minimum Gasteiger partial charge on any atom is -0.397 e. The van der Waals surface area contributed by atoms with Crippen molar-refractivity contribution in [3.8, 4) is 0 Å². The number of benzene rings is 1. The standard InChI is InChI=1S/C8H10I2OSi/c1-2-11-12(9,10)8-6-4-3-5-7-8/h3-7H,2H2,1H3. The van der Waals surface area contributed by atoms with E-state index in [0.29, 0.717) is 0 Å². The fourth-order valence-corrected chi connectivity index (χ4v) is 6.03. The normalized spacial score (nSPS) is 11.6. The van der Waals surface area contributed by atoms with E-state index in [1.165, 1.54) is 5.19 Å². The van der Waals surface area contributed by atoms with Gasteiger partial charge in [0, 0.05) is 6.61 Å². The number of halogens is 2. The second-order valence-corrected chi connectivity index (χ2v) is 19.5. The van der Waals surface area contributed by atoms with Crippen LogP contribution in [0.3, 0.4) is 0 Å². The van der Waals surface area contributed by atoms with Crippen molar-refractivity contribution in [3.05, 3.63) is 30.3 Å². The van der Waals surface area contributed by atoms with Crippen molar-refractivity contribution in [2.45, 2.75) is 6.92 Å². The molecule has 1 aromatic rings. The second kappa shape index (κ2) is 4.92. The Morgan fingerprint density at radius 3 is 2.33 bits per heavy atom. The fraction of sp³-hybridized carbons (Fsp3) is 0.250. The summed E-state index contributed by atoms with van der Waals surface area (Å²) >= 11 is 4.89. The minimum atomic E-state index is -1.64. The highest BCUT2D eigenvalue weighted by molar-refractivity contribution is 14.3. The smallest absolute Gasteiger partial charge is 0.358 e. The van der Waals surface area contributed by atoms with E-state index in [0.717, 1.165) is 6.61 Å². The minimum absolute atomic E-state index is 0.799. The summed E-state index contributed by atoms with van der Waals surface area (Å²) in [5.41, 5.74) is 0. The summed E-state index contributed by atoms with van der Waals surface area (Å²) in [6.07, 6.45) is 0. The van der Waals surface area contributed by atoms with E-state index in [2.05, 4.69) is 67.9 Å². The molecule has 0 aliphatic heterocycles. The SMILES string of the molecule is CCO[Si](I)(I)c1ccccc1. The Labute approximate surface area is 99.4 Å². The maximum Gasteiger partial charge on any atom is 0.358 e. The van der Waals surface area contributed by atoms with Crippen LogP contribution in [0.5, 0.6) is 0 Å². The van der Waals surface area contributed by atoms with Crippen LogP contribution in [-0.2, 0) is 4.43 Å². The van der Waals surface area contributed by atoms with Crippen LogP contribution in [0.2, 0.25) is 0 Å². The molecule has 1 aromatic carbocycles. The molecule has 0 N–H and O–H groups in total. The zero-order valence-corrected chi connectivity index (χ0v) is 12.1. The highest BCUT2D eigenvalue weighted by Gasteiger charge is 2.29. The molecule has 0 heterocycles. The van der Waals surface area contributed by atoms with E-state index >= 15 is 0 Å². The van der Waals surface area contributed by atoms with Crippen LogP contribution in [0.4, 0.5) is 0 Å². The topological polar surface area (TPSA) is 9.23 Å². The molecule has 0 fully saturated rings. The predicted octanol–water partition coefficient (Wildman–Crippen LogP) is 2.74. The molecule has 1 rings (SSSR count). The Hall–Kier alpha value is 0.857. The first-order chi connectivity index (χ1) is 5.67. The number of hydrogen-bond acceptors (Lipinski definition) is 1. The molecule has 12 heavy (non-hydrogen) atoms. The highest BCUT2D eigenvalue weighted by Crippen LogP contribution is 2.22. The Kier molecular flexibility index (Phi) is 4.48. The molecule has 4 heteroatoms. The van der Waals surface area contributed by atoms with Gasteiger partial charge in [-0.2, -0.15) is 0 Å². The average Bonchev–Trinajstić information content (AvgIpc) is 2.06. The van der Waals surface area contributed by atoms with Gasteiger partial charge in [-0.1, -0.05) is 73.9 Å². The molecule has 0 aliphatic carbocycles. The lowest BCUT2D eigenvalue weighted by molar-refractivity contribution is 0.363. The predicted molar refractivity (Wildman–Crippen MR) is 71.5 cm³/mol. The molecule has 0 aliphatic rings. The van der Waals surface area contributed by atoms with E-state index < -0.39 is 3.31 Å². The van der Waals surface area contributed by atoms with Crippen LogP contribution in [-0.4, -0.2) is 9.92 Å². The van der Waals surface area contributed by atoms with Crippen LogP contribution in [0.25, 0.3) is 0 Å². The van der Waals surface area contributed by atoms with E-state index in [-0.39, 0.29) is 0 Å². The zero-order chi connectivity index (χ0) is 9.03. The van der Waals surface area contributed by atoms with Crippen molar-refractivity contribution in [2.24, 2.45) is 0 Å². The summed E-state index contributed by atoms with van der Waals surface area (Å²) in [5, 5.41) is 1.34. The molecule has 1 nitrogen and oxygen atoms in total. The first-order valence-electron chi connectivity index (χ1n) is 3.74. The first-order valence-corrected chi connectivity index (χ1v) is 11.9. The van der Waals surface area contributed by atoms with Crippen molar-refractivity contribution in [3.63, 3.8) is 0 Å². The quantitative estimate of drug-likeness (QED) is 0.428. The Morgan fingerprint density at radius 1 is 1.25 bits per heavy atom. The van der Waals surface area contributed by atoms with Gasteiger partial charge in [0.05, 0.1) is 0 Å². The van der Waals surface area contributed by atoms with Crippen LogP contribution in [0, 0.1) is 0 Å². The molecule has 0 aromatic heterocycles. The first kappa shape index (κ1) is 10.9. The zero-order valence-electron chi connectivity index (χ0n) is 6.76. The highest BCUT2D eigenvalue weighted by atomic mass is 127. The van der Waals surface area contributed by atoms with Crippen LogP contribution >= 0.6 is 43.6 Å². The summed E-state index contributed by atoms with van der Waals surface area (Å²) in [7, 11) is 0. The Morgan fingerprint density at radius 2 is 1.83 bits per heavy atom. The van der Waals surface area contributed by atoms with Gasteiger partial charge in [-0.15, -0.1) is 0 Å². The maximum atomic E-state index is 5.73. The Balaban J connectivity index is 2.82.